The Hall–Kier alpha value is -1.60. The second-order valence-corrected chi connectivity index (χ2v) is 3.89. The summed E-state index contributed by atoms with van der Waals surface area (Å²) in [4.78, 5) is 23.4. The van der Waals surface area contributed by atoms with Crippen molar-refractivity contribution in [2.75, 3.05) is 32.7 Å². The maximum atomic E-state index is 11.7. The minimum Gasteiger partial charge on any atom is -0.393 e. The molecule has 0 bridgehead atoms. The first-order valence-corrected chi connectivity index (χ1v) is 5.70. The number of aromatic nitrogens is 2. The molecule has 2 N–H and O–H groups in total. The van der Waals surface area contributed by atoms with Crippen LogP contribution < -0.4 is 17.0 Å². The Balaban J connectivity index is 2.58. The fourth-order valence-electron chi connectivity index (χ4n) is 1.52. The Labute approximate surface area is 105 Å². The highest BCUT2D eigenvalue weighted by Crippen LogP contribution is 1.90. The van der Waals surface area contributed by atoms with Gasteiger partial charge in [0.2, 0.25) is 0 Å². The second-order valence-electron chi connectivity index (χ2n) is 3.89. The van der Waals surface area contributed by atoms with E-state index in [4.69, 9.17) is 15.2 Å². The molecule has 7 nitrogen and oxygen atoms in total. The average Bonchev–Trinajstić information content (AvgIpc) is 2.35. The van der Waals surface area contributed by atoms with E-state index in [1.165, 1.54) is 10.8 Å². The Morgan fingerprint density at radius 3 is 2.67 bits per heavy atom. The first kappa shape index (κ1) is 14.5. The molecule has 0 aliphatic rings. The van der Waals surface area contributed by atoms with Crippen molar-refractivity contribution in [2.45, 2.75) is 13.0 Å². The molecule has 0 aliphatic carbocycles. The van der Waals surface area contributed by atoms with Crippen LogP contribution >= 0.6 is 0 Å². The van der Waals surface area contributed by atoms with Gasteiger partial charge in [-0.05, 0) is 6.42 Å². The number of ether oxygens (including phenoxy) is 2. The number of methoxy groups -OCH3 is 1. The molecule has 1 rings (SSSR count). The first-order chi connectivity index (χ1) is 8.57. The van der Waals surface area contributed by atoms with E-state index in [-0.39, 0.29) is 11.4 Å². The van der Waals surface area contributed by atoms with Crippen LogP contribution in [0.5, 0.6) is 0 Å². The van der Waals surface area contributed by atoms with Gasteiger partial charge in [-0.3, -0.25) is 9.36 Å². The van der Waals surface area contributed by atoms with Gasteiger partial charge in [-0.25, -0.2) is 4.79 Å². The van der Waals surface area contributed by atoms with Crippen LogP contribution in [0.2, 0.25) is 0 Å². The third-order valence-corrected chi connectivity index (χ3v) is 2.46. The second kappa shape index (κ2) is 6.97. The third kappa shape index (κ3) is 3.71. The minimum atomic E-state index is -0.449. The molecule has 102 valence electrons. The van der Waals surface area contributed by atoms with Crippen LogP contribution in [-0.4, -0.2) is 36.1 Å². The predicted octanol–water partition coefficient (Wildman–Crippen LogP) is -0.818. The SMILES string of the molecule is COCCOCCCn1c(=O)c(N)cn(C)c1=O. The zero-order valence-corrected chi connectivity index (χ0v) is 10.7. The molecule has 18 heavy (non-hydrogen) atoms. The lowest BCUT2D eigenvalue weighted by Crippen LogP contribution is -2.39. The molecule has 0 aliphatic heterocycles. The van der Waals surface area contributed by atoms with E-state index < -0.39 is 5.56 Å². The molecule has 0 atom stereocenters. The smallest absolute Gasteiger partial charge is 0.330 e. The van der Waals surface area contributed by atoms with Gasteiger partial charge in [0.1, 0.15) is 5.69 Å². The van der Waals surface area contributed by atoms with Gasteiger partial charge in [0.05, 0.1) is 13.2 Å². The van der Waals surface area contributed by atoms with Crippen molar-refractivity contribution < 1.29 is 9.47 Å². The Morgan fingerprint density at radius 1 is 1.28 bits per heavy atom. The van der Waals surface area contributed by atoms with Crippen molar-refractivity contribution in [3.63, 3.8) is 0 Å². The van der Waals surface area contributed by atoms with E-state index in [9.17, 15) is 9.59 Å². The number of hydrogen-bond acceptors (Lipinski definition) is 5. The van der Waals surface area contributed by atoms with Crippen LogP contribution in [0.15, 0.2) is 15.8 Å². The van der Waals surface area contributed by atoms with Crippen molar-refractivity contribution in [2.24, 2.45) is 7.05 Å². The Morgan fingerprint density at radius 2 is 2.00 bits per heavy atom. The highest BCUT2D eigenvalue weighted by Gasteiger charge is 2.06. The van der Waals surface area contributed by atoms with Gasteiger partial charge in [0.15, 0.2) is 0 Å². The summed E-state index contributed by atoms with van der Waals surface area (Å²) < 4.78 is 12.5. The topological polar surface area (TPSA) is 88.5 Å². The van der Waals surface area contributed by atoms with Crippen molar-refractivity contribution in [3.8, 4) is 0 Å². The quantitative estimate of drug-likeness (QED) is 0.645. The molecule has 0 saturated carbocycles. The lowest BCUT2D eigenvalue weighted by molar-refractivity contribution is 0.0678. The monoisotopic (exact) mass is 257 g/mol. The molecular weight excluding hydrogens is 238 g/mol. The van der Waals surface area contributed by atoms with E-state index in [0.717, 1.165) is 4.57 Å². The van der Waals surface area contributed by atoms with Gasteiger partial charge in [0.25, 0.3) is 5.56 Å². The number of nitrogens with zero attached hydrogens (tertiary/aromatic N) is 2. The summed E-state index contributed by atoms with van der Waals surface area (Å²) in [6, 6.07) is 0. The van der Waals surface area contributed by atoms with Crippen LogP contribution in [0.4, 0.5) is 5.69 Å². The number of nitrogen functional groups attached to an aromatic ring is 1. The van der Waals surface area contributed by atoms with Gasteiger partial charge in [-0.2, -0.15) is 0 Å². The van der Waals surface area contributed by atoms with Crippen molar-refractivity contribution in [1.29, 1.82) is 0 Å². The fraction of sp³-hybridized carbons (Fsp3) is 0.636. The van der Waals surface area contributed by atoms with Gasteiger partial charge < -0.3 is 19.8 Å². The molecule has 0 spiro atoms. The summed E-state index contributed by atoms with van der Waals surface area (Å²) in [5, 5.41) is 0. The highest BCUT2D eigenvalue weighted by molar-refractivity contribution is 5.30. The molecule has 0 aromatic carbocycles. The summed E-state index contributed by atoms with van der Waals surface area (Å²) in [5.74, 6) is 0. The molecule has 0 unspecified atom stereocenters. The highest BCUT2D eigenvalue weighted by atomic mass is 16.5. The molecule has 1 aromatic rings. The molecule has 0 amide bonds. The average molecular weight is 257 g/mol. The lowest BCUT2D eigenvalue weighted by atomic mass is 10.4. The number of nitrogens with two attached hydrogens (primary N) is 1. The number of aryl methyl sites for hydroxylation is 1. The number of anilines is 1. The predicted molar refractivity (Wildman–Crippen MR) is 67.7 cm³/mol. The van der Waals surface area contributed by atoms with Gasteiger partial charge in [0, 0.05) is 33.5 Å². The van der Waals surface area contributed by atoms with E-state index in [1.54, 1.807) is 14.2 Å². The Bertz CT molecular complexity index is 458. The molecule has 1 heterocycles. The summed E-state index contributed by atoms with van der Waals surface area (Å²) >= 11 is 0. The molecule has 0 saturated heterocycles. The van der Waals surface area contributed by atoms with Gasteiger partial charge in [-0.1, -0.05) is 0 Å². The van der Waals surface area contributed by atoms with Crippen molar-refractivity contribution in [1.82, 2.24) is 9.13 Å². The van der Waals surface area contributed by atoms with E-state index >= 15 is 0 Å². The molecule has 7 heteroatoms. The zero-order chi connectivity index (χ0) is 13.5. The molecular formula is C11H19N3O4. The van der Waals surface area contributed by atoms with Crippen LogP contribution in [0.3, 0.4) is 0 Å². The van der Waals surface area contributed by atoms with Crippen molar-refractivity contribution in [3.05, 3.63) is 27.0 Å². The summed E-state index contributed by atoms with van der Waals surface area (Å²) in [5.41, 5.74) is 4.77. The standard InChI is InChI=1S/C11H19N3O4/c1-13-8-9(12)10(15)14(11(13)16)4-3-5-18-7-6-17-2/h8H,3-7,12H2,1-2H3. The van der Waals surface area contributed by atoms with E-state index in [1.807, 2.05) is 0 Å². The number of rotatable bonds is 7. The molecule has 0 radical (unpaired) electrons. The van der Waals surface area contributed by atoms with Gasteiger partial charge >= 0.3 is 5.69 Å². The van der Waals surface area contributed by atoms with E-state index in [2.05, 4.69) is 0 Å². The molecule has 1 aromatic heterocycles. The minimum absolute atomic E-state index is 0.0670. The maximum Gasteiger partial charge on any atom is 0.330 e. The van der Waals surface area contributed by atoms with Crippen LogP contribution in [0.1, 0.15) is 6.42 Å². The normalized spacial score (nSPS) is 10.8. The first-order valence-electron chi connectivity index (χ1n) is 5.70. The molecule has 0 fully saturated rings. The van der Waals surface area contributed by atoms with E-state index in [0.29, 0.717) is 32.8 Å². The zero-order valence-electron chi connectivity index (χ0n) is 10.7. The Kier molecular flexibility index (Phi) is 5.60. The largest absolute Gasteiger partial charge is 0.393 e. The van der Waals surface area contributed by atoms with Crippen LogP contribution in [0.25, 0.3) is 0 Å². The number of hydrogen-bond donors (Lipinski definition) is 1. The lowest BCUT2D eigenvalue weighted by Gasteiger charge is -2.08. The van der Waals surface area contributed by atoms with Crippen LogP contribution in [0, 0.1) is 0 Å². The summed E-state index contributed by atoms with van der Waals surface area (Å²) in [6.07, 6.45) is 1.90. The fourth-order valence-corrected chi connectivity index (χ4v) is 1.52. The summed E-state index contributed by atoms with van der Waals surface area (Å²) in [7, 11) is 3.16. The maximum absolute atomic E-state index is 11.7. The summed E-state index contributed by atoms with van der Waals surface area (Å²) in [6.45, 7) is 1.79. The van der Waals surface area contributed by atoms with Gasteiger partial charge in [-0.15, -0.1) is 0 Å². The third-order valence-electron chi connectivity index (χ3n) is 2.46. The van der Waals surface area contributed by atoms with Crippen molar-refractivity contribution >= 4 is 5.69 Å². The van der Waals surface area contributed by atoms with Crippen LogP contribution in [-0.2, 0) is 23.1 Å².